The van der Waals surface area contributed by atoms with E-state index >= 15 is 0 Å². The van der Waals surface area contributed by atoms with Gasteiger partial charge in [-0.05, 0) is 47.9 Å². The van der Waals surface area contributed by atoms with E-state index in [4.69, 9.17) is 9.57 Å². The number of amides is 2. The molecule has 0 aromatic heterocycles. The molecule has 2 amide bonds. The normalized spacial score (nSPS) is 15.1. The highest BCUT2D eigenvalue weighted by Crippen LogP contribution is 2.37. The summed E-state index contributed by atoms with van der Waals surface area (Å²) in [6, 6.07) is 21.7. The standard InChI is InChI=1S/C27H27FN2O4/c1-29(33-2)26(31)15-10-21-17-30(27(21)32)25-14-11-22(28)16-24(25)20-8-12-23(13-9-20)34-18-19-6-4-3-5-7-19/h3-9,11-14,16,21H,10,15,17-18H2,1-2H3. The molecule has 1 saturated heterocycles. The number of β-lactam (4-membered cyclic amide) rings is 1. The summed E-state index contributed by atoms with van der Waals surface area (Å²) in [6.07, 6.45) is 0.682. The zero-order valence-corrected chi connectivity index (χ0v) is 19.2. The lowest BCUT2D eigenvalue weighted by atomic mass is 9.91. The summed E-state index contributed by atoms with van der Waals surface area (Å²) in [7, 11) is 2.96. The predicted molar refractivity (Wildman–Crippen MR) is 127 cm³/mol. The maximum Gasteiger partial charge on any atom is 0.245 e. The molecular formula is C27H27FN2O4. The molecule has 3 aromatic carbocycles. The van der Waals surface area contributed by atoms with Crippen LogP contribution in [-0.2, 0) is 21.0 Å². The highest BCUT2D eigenvalue weighted by Gasteiger charge is 2.38. The first-order valence-electron chi connectivity index (χ1n) is 11.1. The van der Waals surface area contributed by atoms with Gasteiger partial charge in [-0.2, -0.15) is 0 Å². The van der Waals surface area contributed by atoms with Gasteiger partial charge < -0.3 is 9.64 Å². The van der Waals surface area contributed by atoms with Crippen LogP contribution in [0.2, 0.25) is 0 Å². The summed E-state index contributed by atoms with van der Waals surface area (Å²) in [6.45, 7) is 0.942. The van der Waals surface area contributed by atoms with Crippen LogP contribution >= 0.6 is 0 Å². The first-order valence-corrected chi connectivity index (χ1v) is 11.1. The van der Waals surface area contributed by atoms with Crippen LogP contribution < -0.4 is 9.64 Å². The van der Waals surface area contributed by atoms with Gasteiger partial charge in [0.1, 0.15) is 18.2 Å². The number of rotatable bonds is 9. The number of ether oxygens (including phenoxy) is 1. The van der Waals surface area contributed by atoms with Gasteiger partial charge in [0.15, 0.2) is 0 Å². The first kappa shape index (κ1) is 23.4. The van der Waals surface area contributed by atoms with Crippen molar-refractivity contribution < 1.29 is 23.6 Å². The van der Waals surface area contributed by atoms with Crippen molar-refractivity contribution in [3.05, 3.63) is 84.2 Å². The Morgan fingerprint density at radius 2 is 1.82 bits per heavy atom. The van der Waals surface area contributed by atoms with Crippen molar-refractivity contribution in [1.82, 2.24) is 5.06 Å². The number of carbonyl (C=O) groups excluding carboxylic acids is 2. The largest absolute Gasteiger partial charge is 0.489 e. The Bertz CT molecular complexity index is 1150. The zero-order valence-electron chi connectivity index (χ0n) is 19.2. The number of benzene rings is 3. The van der Waals surface area contributed by atoms with Crippen LogP contribution in [0.25, 0.3) is 11.1 Å². The second-order valence-corrected chi connectivity index (χ2v) is 8.22. The average molecular weight is 463 g/mol. The van der Waals surface area contributed by atoms with Crippen molar-refractivity contribution in [1.29, 1.82) is 0 Å². The van der Waals surface area contributed by atoms with Crippen LogP contribution in [0.5, 0.6) is 5.75 Å². The number of carbonyl (C=O) groups is 2. The minimum atomic E-state index is -0.374. The summed E-state index contributed by atoms with van der Waals surface area (Å²) in [5.41, 5.74) is 3.15. The van der Waals surface area contributed by atoms with Gasteiger partial charge >= 0.3 is 0 Å². The Morgan fingerprint density at radius 3 is 2.50 bits per heavy atom. The SMILES string of the molecule is CON(C)C(=O)CCC1CN(c2ccc(F)cc2-c2ccc(OCc3ccccc3)cc2)C1=O. The number of nitrogens with zero attached hydrogens (tertiary/aromatic N) is 2. The molecule has 4 rings (SSSR count). The van der Waals surface area contributed by atoms with Gasteiger partial charge in [0.05, 0.1) is 18.7 Å². The van der Waals surface area contributed by atoms with Crippen molar-refractivity contribution in [3.8, 4) is 16.9 Å². The van der Waals surface area contributed by atoms with E-state index in [0.717, 1.165) is 16.2 Å². The topological polar surface area (TPSA) is 59.1 Å². The molecule has 1 atom stereocenters. The maximum absolute atomic E-state index is 14.1. The Hall–Kier alpha value is -3.71. The molecule has 3 aromatic rings. The molecule has 1 heterocycles. The first-order chi connectivity index (χ1) is 16.5. The molecule has 6 nitrogen and oxygen atoms in total. The lowest BCUT2D eigenvalue weighted by molar-refractivity contribution is -0.169. The lowest BCUT2D eigenvalue weighted by Gasteiger charge is -2.39. The molecule has 1 aliphatic rings. The number of hydrogen-bond acceptors (Lipinski definition) is 4. The minimum Gasteiger partial charge on any atom is -0.489 e. The van der Waals surface area contributed by atoms with Gasteiger partial charge in [-0.15, -0.1) is 0 Å². The molecule has 0 N–H and O–H groups in total. The van der Waals surface area contributed by atoms with Crippen molar-refractivity contribution in [2.75, 3.05) is 25.6 Å². The van der Waals surface area contributed by atoms with E-state index in [0.29, 0.717) is 36.6 Å². The number of anilines is 1. The van der Waals surface area contributed by atoms with E-state index in [-0.39, 0.29) is 30.0 Å². The third-order valence-corrected chi connectivity index (χ3v) is 6.01. The van der Waals surface area contributed by atoms with Crippen molar-refractivity contribution in [2.45, 2.75) is 19.4 Å². The van der Waals surface area contributed by atoms with Crippen LogP contribution in [0.4, 0.5) is 10.1 Å². The van der Waals surface area contributed by atoms with Gasteiger partial charge in [0.2, 0.25) is 11.8 Å². The highest BCUT2D eigenvalue weighted by molar-refractivity contribution is 6.04. The fourth-order valence-corrected chi connectivity index (χ4v) is 3.93. The third kappa shape index (κ3) is 5.26. The maximum atomic E-state index is 14.1. The summed E-state index contributed by atoms with van der Waals surface area (Å²) < 4.78 is 20.0. The van der Waals surface area contributed by atoms with Crippen LogP contribution in [0.3, 0.4) is 0 Å². The summed E-state index contributed by atoms with van der Waals surface area (Å²) >= 11 is 0. The van der Waals surface area contributed by atoms with Crippen LogP contribution in [0, 0.1) is 11.7 Å². The Morgan fingerprint density at radius 1 is 1.09 bits per heavy atom. The quantitative estimate of drug-likeness (QED) is 0.338. The van der Waals surface area contributed by atoms with Gasteiger partial charge in [-0.25, -0.2) is 9.45 Å². The molecule has 1 fully saturated rings. The van der Waals surface area contributed by atoms with Crippen molar-refractivity contribution in [2.24, 2.45) is 5.92 Å². The number of hydrogen-bond donors (Lipinski definition) is 0. The summed E-state index contributed by atoms with van der Waals surface area (Å²) in [4.78, 5) is 31.3. The fourth-order valence-electron chi connectivity index (χ4n) is 3.93. The van der Waals surface area contributed by atoms with Crippen LogP contribution in [0.1, 0.15) is 18.4 Å². The van der Waals surface area contributed by atoms with Gasteiger partial charge in [-0.3, -0.25) is 14.4 Å². The van der Waals surface area contributed by atoms with Crippen molar-refractivity contribution in [3.63, 3.8) is 0 Å². The van der Waals surface area contributed by atoms with E-state index in [1.165, 1.54) is 19.2 Å². The van der Waals surface area contributed by atoms with Crippen molar-refractivity contribution >= 4 is 17.5 Å². The molecule has 34 heavy (non-hydrogen) atoms. The van der Waals surface area contributed by atoms with E-state index < -0.39 is 0 Å². The van der Waals surface area contributed by atoms with E-state index in [1.807, 2.05) is 54.6 Å². The molecule has 176 valence electrons. The molecule has 0 radical (unpaired) electrons. The predicted octanol–water partition coefficient (Wildman–Crippen LogP) is 4.83. The summed E-state index contributed by atoms with van der Waals surface area (Å²) in [5, 5.41) is 1.16. The Labute approximate surface area is 198 Å². The number of halogens is 1. The molecule has 1 aliphatic heterocycles. The Kier molecular flexibility index (Phi) is 7.23. The van der Waals surface area contributed by atoms with Gasteiger partial charge in [0, 0.05) is 25.6 Å². The molecular weight excluding hydrogens is 435 g/mol. The molecule has 7 heteroatoms. The highest BCUT2D eigenvalue weighted by atomic mass is 19.1. The van der Waals surface area contributed by atoms with Crippen LogP contribution in [-0.4, -0.2) is 37.6 Å². The van der Waals surface area contributed by atoms with E-state index in [9.17, 15) is 14.0 Å². The second kappa shape index (κ2) is 10.5. The van der Waals surface area contributed by atoms with Gasteiger partial charge in [0.25, 0.3) is 0 Å². The fraction of sp³-hybridized carbons (Fsp3) is 0.259. The zero-order chi connectivity index (χ0) is 24.1. The minimum absolute atomic E-state index is 0.0662. The average Bonchev–Trinajstić information content (AvgIpc) is 2.87. The molecule has 0 aliphatic carbocycles. The van der Waals surface area contributed by atoms with Gasteiger partial charge in [-0.1, -0.05) is 42.5 Å². The Balaban J connectivity index is 1.43. The third-order valence-electron chi connectivity index (χ3n) is 6.01. The molecule has 0 spiro atoms. The molecule has 1 unspecified atom stereocenters. The second-order valence-electron chi connectivity index (χ2n) is 8.22. The number of hydroxylamine groups is 2. The monoisotopic (exact) mass is 462 g/mol. The van der Waals surface area contributed by atoms with Crippen LogP contribution in [0.15, 0.2) is 72.8 Å². The molecule has 0 saturated carbocycles. The summed E-state index contributed by atoms with van der Waals surface area (Å²) in [5.74, 6) is -0.146. The van der Waals surface area contributed by atoms with E-state index in [2.05, 4.69) is 0 Å². The van der Waals surface area contributed by atoms with E-state index in [1.54, 1.807) is 18.0 Å². The smallest absolute Gasteiger partial charge is 0.245 e. The lowest BCUT2D eigenvalue weighted by Crippen LogP contribution is -2.53. The molecule has 0 bridgehead atoms.